The van der Waals surface area contributed by atoms with E-state index >= 15 is 0 Å². The number of hydrogen-bond acceptors (Lipinski definition) is 1. The average Bonchev–Trinajstić information content (AvgIpc) is 2.73. The molecule has 0 amide bonds. The summed E-state index contributed by atoms with van der Waals surface area (Å²) in [4.78, 5) is 0. The van der Waals surface area contributed by atoms with Crippen LogP contribution in [0.4, 0.5) is 8.78 Å². The van der Waals surface area contributed by atoms with Gasteiger partial charge in [0.15, 0.2) is 0 Å². The van der Waals surface area contributed by atoms with E-state index in [1.807, 2.05) is 12.1 Å². The molecule has 160 valence electrons. The smallest absolute Gasteiger partial charge is 0.387 e. The summed E-state index contributed by atoms with van der Waals surface area (Å²) in [5.41, 5.74) is 1.30. The van der Waals surface area contributed by atoms with Gasteiger partial charge in [-0.3, -0.25) is 0 Å². The monoisotopic (exact) mass is 402 g/mol. The number of hydrogen-bond donors (Lipinski definition) is 0. The first-order valence-corrected chi connectivity index (χ1v) is 11.9. The number of allylic oxidation sites excluding steroid dienone is 2. The molecule has 3 saturated carbocycles. The third-order valence-electron chi connectivity index (χ3n) is 8.02. The van der Waals surface area contributed by atoms with Crippen LogP contribution in [0.1, 0.15) is 82.6 Å². The van der Waals surface area contributed by atoms with Gasteiger partial charge in [0.2, 0.25) is 0 Å². The van der Waals surface area contributed by atoms with Gasteiger partial charge in [0.05, 0.1) is 0 Å². The summed E-state index contributed by atoms with van der Waals surface area (Å²) in [7, 11) is 0. The standard InChI is InChI=1S/C26H36F2O/c1-2-3-4-5-18-6-14-24-21(16-18)7-8-22-17-20(11-15-25(22)24)19-9-12-23(13-10-19)29-26(27)28/h4-5,9-10,12-13,18,20-22,24-26H,2-3,6-8,11,14-17H2,1H3/b5-4+. The zero-order chi connectivity index (χ0) is 20.2. The van der Waals surface area contributed by atoms with E-state index in [0.717, 1.165) is 29.6 Å². The van der Waals surface area contributed by atoms with E-state index in [1.54, 1.807) is 12.1 Å². The maximum absolute atomic E-state index is 12.4. The zero-order valence-corrected chi connectivity index (χ0v) is 17.7. The Balaban J connectivity index is 1.33. The Kier molecular flexibility index (Phi) is 6.92. The summed E-state index contributed by atoms with van der Waals surface area (Å²) >= 11 is 0. The second kappa shape index (κ2) is 9.62. The van der Waals surface area contributed by atoms with Gasteiger partial charge >= 0.3 is 6.61 Å². The summed E-state index contributed by atoms with van der Waals surface area (Å²) < 4.78 is 29.2. The van der Waals surface area contributed by atoms with E-state index in [4.69, 9.17) is 0 Å². The van der Waals surface area contributed by atoms with Crippen molar-refractivity contribution in [3.8, 4) is 5.75 Å². The highest BCUT2D eigenvalue weighted by molar-refractivity contribution is 5.30. The van der Waals surface area contributed by atoms with Gasteiger partial charge in [-0.1, -0.05) is 37.6 Å². The number of halogens is 2. The van der Waals surface area contributed by atoms with Crippen LogP contribution in [-0.2, 0) is 0 Å². The summed E-state index contributed by atoms with van der Waals surface area (Å²) in [6.45, 7) is -0.492. The molecule has 0 radical (unpaired) electrons. The number of unbranched alkanes of at least 4 members (excludes halogenated alkanes) is 1. The number of fused-ring (bicyclic) bond motifs is 3. The predicted octanol–water partition coefficient (Wildman–Crippen LogP) is 7.97. The van der Waals surface area contributed by atoms with Crippen LogP contribution in [0.25, 0.3) is 0 Å². The van der Waals surface area contributed by atoms with Crippen molar-refractivity contribution in [3.63, 3.8) is 0 Å². The molecular weight excluding hydrogens is 366 g/mol. The van der Waals surface area contributed by atoms with Gasteiger partial charge in [-0.2, -0.15) is 8.78 Å². The molecule has 0 aliphatic heterocycles. The molecule has 0 spiro atoms. The molecule has 0 saturated heterocycles. The highest BCUT2D eigenvalue weighted by Gasteiger charge is 2.44. The first-order valence-electron chi connectivity index (χ1n) is 11.9. The fourth-order valence-corrected chi connectivity index (χ4v) is 6.68. The number of alkyl halides is 2. The van der Waals surface area contributed by atoms with Crippen molar-refractivity contribution in [2.24, 2.45) is 29.6 Å². The Labute approximate surface area is 174 Å². The molecule has 1 nitrogen and oxygen atoms in total. The first kappa shape index (κ1) is 20.9. The van der Waals surface area contributed by atoms with Crippen LogP contribution in [0, 0.1) is 29.6 Å². The topological polar surface area (TPSA) is 9.23 Å². The van der Waals surface area contributed by atoms with Crippen molar-refractivity contribution in [2.45, 2.75) is 83.7 Å². The molecule has 6 atom stereocenters. The Morgan fingerprint density at radius 3 is 2.31 bits per heavy atom. The molecule has 3 fully saturated rings. The Hall–Kier alpha value is -1.38. The fourth-order valence-electron chi connectivity index (χ4n) is 6.68. The van der Waals surface area contributed by atoms with E-state index in [9.17, 15) is 8.78 Å². The lowest BCUT2D eigenvalue weighted by molar-refractivity contribution is -0.0498. The molecule has 3 heteroatoms. The maximum Gasteiger partial charge on any atom is 0.387 e. The van der Waals surface area contributed by atoms with Gasteiger partial charge in [-0.25, -0.2) is 0 Å². The van der Waals surface area contributed by atoms with E-state index in [-0.39, 0.29) is 5.75 Å². The minimum Gasteiger partial charge on any atom is -0.435 e. The van der Waals surface area contributed by atoms with Crippen LogP contribution >= 0.6 is 0 Å². The van der Waals surface area contributed by atoms with Crippen LogP contribution in [0.2, 0.25) is 0 Å². The van der Waals surface area contributed by atoms with Crippen LogP contribution in [0.15, 0.2) is 36.4 Å². The van der Waals surface area contributed by atoms with Crippen molar-refractivity contribution in [1.82, 2.24) is 0 Å². The van der Waals surface area contributed by atoms with E-state index < -0.39 is 6.61 Å². The van der Waals surface area contributed by atoms with Crippen LogP contribution in [0.3, 0.4) is 0 Å². The largest absolute Gasteiger partial charge is 0.435 e. The molecule has 3 aliphatic rings. The molecule has 0 aromatic heterocycles. The summed E-state index contributed by atoms with van der Waals surface area (Å²) in [5, 5.41) is 0. The molecule has 1 aromatic rings. The van der Waals surface area contributed by atoms with Crippen molar-refractivity contribution in [3.05, 3.63) is 42.0 Å². The maximum atomic E-state index is 12.4. The van der Waals surface area contributed by atoms with Crippen molar-refractivity contribution in [1.29, 1.82) is 0 Å². The highest BCUT2D eigenvalue weighted by Crippen LogP contribution is 2.54. The Morgan fingerprint density at radius 2 is 1.62 bits per heavy atom. The average molecular weight is 403 g/mol. The van der Waals surface area contributed by atoms with Gasteiger partial charge in [0.1, 0.15) is 5.75 Å². The molecule has 6 unspecified atom stereocenters. The van der Waals surface area contributed by atoms with Crippen molar-refractivity contribution in [2.75, 3.05) is 0 Å². The van der Waals surface area contributed by atoms with E-state index in [1.165, 1.54) is 69.8 Å². The van der Waals surface area contributed by atoms with Crippen LogP contribution in [0.5, 0.6) is 5.75 Å². The predicted molar refractivity (Wildman–Crippen MR) is 114 cm³/mol. The van der Waals surface area contributed by atoms with Crippen molar-refractivity contribution >= 4 is 0 Å². The van der Waals surface area contributed by atoms with Gasteiger partial charge < -0.3 is 4.74 Å². The first-order chi connectivity index (χ1) is 14.1. The van der Waals surface area contributed by atoms with Crippen molar-refractivity contribution < 1.29 is 13.5 Å². The summed E-state index contributed by atoms with van der Waals surface area (Å²) in [6, 6.07) is 7.42. The zero-order valence-electron chi connectivity index (χ0n) is 17.7. The Bertz CT molecular complexity index is 668. The number of benzene rings is 1. The molecule has 3 aliphatic carbocycles. The normalized spacial score (nSPS) is 34.8. The second-order valence-electron chi connectivity index (χ2n) is 9.67. The lowest BCUT2D eigenvalue weighted by Gasteiger charge is -2.50. The molecular formula is C26H36F2O. The van der Waals surface area contributed by atoms with Gasteiger partial charge in [0.25, 0.3) is 0 Å². The summed E-state index contributed by atoms with van der Waals surface area (Å²) in [5.74, 6) is 5.36. The molecule has 29 heavy (non-hydrogen) atoms. The minimum absolute atomic E-state index is 0.266. The molecule has 0 N–H and O–H groups in total. The number of ether oxygens (including phenoxy) is 1. The van der Waals surface area contributed by atoms with E-state index in [2.05, 4.69) is 23.8 Å². The van der Waals surface area contributed by atoms with Crippen LogP contribution < -0.4 is 4.74 Å². The van der Waals surface area contributed by atoms with E-state index in [0.29, 0.717) is 5.92 Å². The van der Waals surface area contributed by atoms with Gasteiger partial charge in [-0.05, 0) is 111 Å². The SMILES string of the molecule is CCC/C=C/C1CCC2C(CCC3CC(c4ccc(OC(F)F)cc4)CCC32)C1. The fraction of sp³-hybridized carbons (Fsp3) is 0.692. The molecule has 0 bridgehead atoms. The highest BCUT2D eigenvalue weighted by atomic mass is 19.3. The quantitative estimate of drug-likeness (QED) is 0.438. The van der Waals surface area contributed by atoms with Gasteiger partial charge in [0, 0.05) is 0 Å². The summed E-state index contributed by atoms with van der Waals surface area (Å²) in [6.07, 6.45) is 18.3. The van der Waals surface area contributed by atoms with Gasteiger partial charge in [-0.15, -0.1) is 0 Å². The Morgan fingerprint density at radius 1 is 0.931 bits per heavy atom. The molecule has 0 heterocycles. The lowest BCUT2D eigenvalue weighted by Crippen LogP contribution is -2.41. The lowest BCUT2D eigenvalue weighted by atomic mass is 9.55. The third-order valence-corrected chi connectivity index (χ3v) is 8.02. The molecule has 4 rings (SSSR count). The minimum atomic E-state index is -2.75. The third kappa shape index (κ3) is 5.03. The molecule has 1 aromatic carbocycles. The second-order valence-corrected chi connectivity index (χ2v) is 9.67. The van der Waals surface area contributed by atoms with Crippen LogP contribution in [-0.4, -0.2) is 6.61 Å². The number of rotatable bonds is 6.